The number of aliphatic hydroxyl groups is 1. The number of likely N-dealkylation sites (N-methyl/N-ethyl adjacent to an activating group) is 1. The highest BCUT2D eigenvalue weighted by Gasteiger charge is 2.52. The van der Waals surface area contributed by atoms with Crippen molar-refractivity contribution in [3.8, 4) is 0 Å². The Hall–Kier alpha value is -1.36. The first-order valence-electron chi connectivity index (χ1n) is 8.49. The summed E-state index contributed by atoms with van der Waals surface area (Å²) < 4.78 is 8.45. The molecule has 0 spiro atoms. The molecule has 0 bridgehead atoms. The largest absolute Gasteiger partial charge is 0.393 e. The molecule has 4 nitrogen and oxygen atoms in total. The van der Waals surface area contributed by atoms with Gasteiger partial charge < -0.3 is 14.4 Å². The summed E-state index contributed by atoms with van der Waals surface area (Å²) in [6.45, 7) is 2.82. The second kappa shape index (κ2) is 5.07. The summed E-state index contributed by atoms with van der Waals surface area (Å²) in [5.74, 6) is 0.233. The van der Waals surface area contributed by atoms with Crippen molar-refractivity contribution in [1.29, 1.82) is 0 Å². The van der Waals surface area contributed by atoms with E-state index in [1.807, 2.05) is 14.0 Å². The van der Waals surface area contributed by atoms with E-state index in [-0.39, 0.29) is 17.6 Å². The Morgan fingerprint density at radius 2 is 2.13 bits per heavy atom. The first-order valence-corrected chi connectivity index (χ1v) is 8.49. The van der Waals surface area contributed by atoms with Crippen LogP contribution < -0.4 is 0 Å². The summed E-state index contributed by atoms with van der Waals surface area (Å²) in [5, 5.41) is 11.6. The SMILES string of the molecule is CO[C@]12C[C@@H](C(C)O)CN(C)[C@@H]1Cc1cn(C)c3cccc2c13. The highest BCUT2D eigenvalue weighted by molar-refractivity contribution is 5.89. The van der Waals surface area contributed by atoms with Crippen LogP contribution in [-0.4, -0.2) is 47.4 Å². The summed E-state index contributed by atoms with van der Waals surface area (Å²) in [5.41, 5.74) is 3.65. The Morgan fingerprint density at radius 1 is 1.35 bits per heavy atom. The zero-order valence-corrected chi connectivity index (χ0v) is 14.4. The number of aromatic nitrogens is 1. The zero-order valence-electron chi connectivity index (χ0n) is 14.4. The number of benzene rings is 1. The quantitative estimate of drug-likeness (QED) is 0.924. The Morgan fingerprint density at radius 3 is 2.83 bits per heavy atom. The molecule has 23 heavy (non-hydrogen) atoms. The third kappa shape index (κ3) is 1.95. The van der Waals surface area contributed by atoms with Crippen LogP contribution in [0.3, 0.4) is 0 Å². The Balaban J connectivity index is 1.96. The van der Waals surface area contributed by atoms with Gasteiger partial charge in [0.2, 0.25) is 0 Å². The minimum atomic E-state index is -0.331. The van der Waals surface area contributed by atoms with E-state index in [1.165, 1.54) is 22.0 Å². The number of likely N-dealkylation sites (tertiary alicyclic amines) is 1. The van der Waals surface area contributed by atoms with E-state index >= 15 is 0 Å². The van der Waals surface area contributed by atoms with Gasteiger partial charge in [-0.25, -0.2) is 0 Å². The molecule has 1 saturated heterocycles. The van der Waals surface area contributed by atoms with Crippen LogP contribution >= 0.6 is 0 Å². The minimum absolute atomic E-state index is 0.233. The van der Waals surface area contributed by atoms with Gasteiger partial charge in [-0.2, -0.15) is 0 Å². The molecule has 1 aromatic carbocycles. The lowest BCUT2D eigenvalue weighted by Crippen LogP contribution is -2.60. The zero-order chi connectivity index (χ0) is 16.4. The number of hydrogen-bond donors (Lipinski definition) is 1. The number of aryl methyl sites for hydroxylation is 1. The fourth-order valence-electron chi connectivity index (χ4n) is 4.96. The van der Waals surface area contributed by atoms with E-state index in [0.717, 1.165) is 19.4 Å². The molecule has 1 fully saturated rings. The van der Waals surface area contributed by atoms with E-state index in [4.69, 9.17) is 4.74 Å². The Labute approximate surface area is 137 Å². The summed E-state index contributed by atoms with van der Waals surface area (Å²) in [4.78, 5) is 2.39. The van der Waals surface area contributed by atoms with Crippen LogP contribution in [0.1, 0.15) is 24.5 Å². The molecule has 2 heterocycles. The van der Waals surface area contributed by atoms with E-state index in [1.54, 1.807) is 0 Å². The molecule has 0 saturated carbocycles. The van der Waals surface area contributed by atoms with E-state index in [2.05, 4.69) is 48.0 Å². The second-order valence-corrected chi connectivity index (χ2v) is 7.42. The number of aliphatic hydroxyl groups excluding tert-OH is 1. The first-order chi connectivity index (χ1) is 11.0. The van der Waals surface area contributed by atoms with Crippen LogP contribution in [0, 0.1) is 5.92 Å². The number of ether oxygens (including phenoxy) is 1. The molecular weight excluding hydrogens is 288 g/mol. The lowest BCUT2D eigenvalue weighted by atomic mass is 9.68. The van der Waals surface area contributed by atoms with Crippen molar-refractivity contribution in [2.75, 3.05) is 20.7 Å². The lowest BCUT2D eigenvalue weighted by Gasteiger charge is -2.53. The monoisotopic (exact) mass is 314 g/mol. The maximum atomic E-state index is 10.2. The van der Waals surface area contributed by atoms with Gasteiger partial charge in [0.05, 0.1) is 6.10 Å². The molecule has 4 heteroatoms. The molecule has 1 aliphatic heterocycles. The minimum Gasteiger partial charge on any atom is -0.393 e. The van der Waals surface area contributed by atoms with Crippen molar-refractivity contribution in [2.45, 2.75) is 37.5 Å². The van der Waals surface area contributed by atoms with Crippen LogP contribution in [0.2, 0.25) is 0 Å². The molecule has 1 aliphatic carbocycles. The maximum absolute atomic E-state index is 10.2. The van der Waals surface area contributed by atoms with Gasteiger partial charge in [-0.1, -0.05) is 12.1 Å². The average Bonchev–Trinajstić information content (AvgIpc) is 2.86. The van der Waals surface area contributed by atoms with Crippen molar-refractivity contribution in [2.24, 2.45) is 13.0 Å². The van der Waals surface area contributed by atoms with E-state index in [9.17, 15) is 5.11 Å². The summed E-state index contributed by atoms with van der Waals surface area (Å²) >= 11 is 0. The van der Waals surface area contributed by atoms with Crippen molar-refractivity contribution in [3.05, 3.63) is 35.5 Å². The van der Waals surface area contributed by atoms with Crippen molar-refractivity contribution >= 4 is 10.9 Å². The highest BCUT2D eigenvalue weighted by atomic mass is 16.5. The predicted molar refractivity (Wildman–Crippen MR) is 91.5 cm³/mol. The van der Waals surface area contributed by atoms with E-state index in [0.29, 0.717) is 6.04 Å². The Bertz CT molecular complexity index is 751. The van der Waals surface area contributed by atoms with Crippen LogP contribution in [0.25, 0.3) is 10.9 Å². The smallest absolute Gasteiger partial charge is 0.110 e. The predicted octanol–water partition coefficient (Wildman–Crippen LogP) is 2.28. The Kier molecular flexibility index (Phi) is 3.34. The van der Waals surface area contributed by atoms with Crippen LogP contribution in [0.15, 0.2) is 24.4 Å². The van der Waals surface area contributed by atoms with Crippen LogP contribution in [-0.2, 0) is 23.8 Å². The second-order valence-electron chi connectivity index (χ2n) is 7.42. The molecule has 2 aromatic rings. The standard InChI is InChI=1S/C19H26N2O2/c1-12(22)14-9-19(23-4)15-6-5-7-16-18(15)13(10-20(16)2)8-17(19)21(3)11-14/h5-7,10,12,14,17,22H,8-9,11H2,1-4H3/t12?,14-,17-,19+/m1/s1. The molecule has 124 valence electrons. The highest BCUT2D eigenvalue weighted by Crippen LogP contribution is 2.50. The van der Waals surface area contributed by atoms with Gasteiger partial charge in [0.25, 0.3) is 0 Å². The molecule has 0 radical (unpaired) electrons. The number of piperidine rings is 1. The third-order valence-electron chi connectivity index (χ3n) is 6.17. The summed E-state index contributed by atoms with van der Waals surface area (Å²) in [6.07, 6.45) is 3.83. The van der Waals surface area contributed by atoms with Gasteiger partial charge in [0, 0.05) is 49.8 Å². The molecule has 1 aromatic heterocycles. The number of methoxy groups -OCH3 is 1. The van der Waals surface area contributed by atoms with Crippen LogP contribution in [0.5, 0.6) is 0 Å². The topological polar surface area (TPSA) is 37.6 Å². The first kappa shape index (κ1) is 15.2. The van der Waals surface area contributed by atoms with Crippen molar-refractivity contribution < 1.29 is 9.84 Å². The van der Waals surface area contributed by atoms with Crippen molar-refractivity contribution in [1.82, 2.24) is 9.47 Å². The molecule has 1 N–H and O–H groups in total. The molecule has 0 amide bonds. The fraction of sp³-hybridized carbons (Fsp3) is 0.579. The number of hydrogen-bond acceptors (Lipinski definition) is 3. The maximum Gasteiger partial charge on any atom is 0.110 e. The van der Waals surface area contributed by atoms with Gasteiger partial charge >= 0.3 is 0 Å². The normalized spacial score (nSPS) is 32.0. The molecular formula is C19H26N2O2. The number of fused-ring (bicyclic) bond motifs is 2. The molecule has 1 unspecified atom stereocenters. The number of rotatable bonds is 2. The van der Waals surface area contributed by atoms with Gasteiger partial charge in [0.15, 0.2) is 0 Å². The van der Waals surface area contributed by atoms with E-state index < -0.39 is 0 Å². The third-order valence-corrected chi connectivity index (χ3v) is 6.17. The number of nitrogens with zero attached hydrogens (tertiary/aromatic N) is 2. The van der Waals surface area contributed by atoms with Gasteiger partial charge in [-0.3, -0.25) is 4.90 Å². The molecule has 2 aliphatic rings. The van der Waals surface area contributed by atoms with Gasteiger partial charge in [-0.05, 0) is 44.0 Å². The molecule has 4 atom stereocenters. The van der Waals surface area contributed by atoms with Crippen molar-refractivity contribution in [3.63, 3.8) is 0 Å². The summed E-state index contributed by atoms with van der Waals surface area (Å²) in [7, 11) is 6.12. The van der Waals surface area contributed by atoms with Crippen LogP contribution in [0.4, 0.5) is 0 Å². The average molecular weight is 314 g/mol. The fourth-order valence-corrected chi connectivity index (χ4v) is 4.96. The summed E-state index contributed by atoms with van der Waals surface area (Å²) in [6, 6.07) is 6.86. The molecule has 4 rings (SSSR count). The van der Waals surface area contributed by atoms with Gasteiger partial charge in [-0.15, -0.1) is 0 Å². The van der Waals surface area contributed by atoms with Gasteiger partial charge in [0.1, 0.15) is 5.60 Å². The lowest BCUT2D eigenvalue weighted by molar-refractivity contribution is -0.138.